The molecule has 1 aliphatic rings. The molecule has 3 rings (SSSR count). The minimum atomic E-state index is 0.111. The maximum absolute atomic E-state index is 12.8. The number of aromatic nitrogens is 2. The summed E-state index contributed by atoms with van der Waals surface area (Å²) in [5, 5.41) is 11.5. The maximum atomic E-state index is 12.8. The normalized spacial score (nSPS) is 15.0. The van der Waals surface area contributed by atoms with Gasteiger partial charge >= 0.3 is 0 Å². The first-order chi connectivity index (χ1) is 13.2. The molecule has 0 aliphatic carbocycles. The second-order valence-electron chi connectivity index (χ2n) is 6.54. The molecule has 0 spiro atoms. The Hall–Kier alpha value is -2.12. The van der Waals surface area contributed by atoms with Crippen LogP contribution in [0.2, 0.25) is 0 Å². The second kappa shape index (κ2) is 9.71. The smallest absolute Gasteiger partial charge is 0.253 e. The van der Waals surface area contributed by atoms with Gasteiger partial charge < -0.3 is 10.2 Å². The number of piperazine rings is 1. The first-order valence-electron chi connectivity index (χ1n) is 9.40. The van der Waals surface area contributed by atoms with E-state index in [1.54, 1.807) is 0 Å². The number of nitrogens with one attached hydrogen (secondary N) is 1. The fraction of sp³-hybridized carbons (Fsp3) is 0.450. The SMILES string of the molecule is CCNc1ccc(-c2ccc(C(=O)N3CCN(CCSC)CC3)cc2)nn1. The van der Waals surface area contributed by atoms with E-state index in [0.29, 0.717) is 0 Å². The summed E-state index contributed by atoms with van der Waals surface area (Å²) in [5.74, 6) is 2.03. The fourth-order valence-electron chi connectivity index (χ4n) is 3.12. The Balaban J connectivity index is 1.59. The van der Waals surface area contributed by atoms with Crippen molar-refractivity contribution in [3.63, 3.8) is 0 Å². The molecule has 0 unspecified atom stereocenters. The molecule has 1 saturated heterocycles. The van der Waals surface area contributed by atoms with Crippen LogP contribution in [0.5, 0.6) is 0 Å². The van der Waals surface area contributed by atoms with Gasteiger partial charge in [0, 0.05) is 56.1 Å². The van der Waals surface area contributed by atoms with Crippen molar-refractivity contribution in [2.45, 2.75) is 6.92 Å². The van der Waals surface area contributed by atoms with Crippen LogP contribution in [0.15, 0.2) is 36.4 Å². The molecule has 1 N–H and O–H groups in total. The molecule has 1 aromatic heterocycles. The lowest BCUT2D eigenvalue weighted by Gasteiger charge is -2.34. The first kappa shape index (κ1) is 19.6. The van der Waals surface area contributed by atoms with E-state index in [1.165, 1.54) is 0 Å². The van der Waals surface area contributed by atoms with Crippen molar-refractivity contribution in [3.8, 4) is 11.3 Å². The van der Waals surface area contributed by atoms with Crippen LogP contribution in [0.3, 0.4) is 0 Å². The molecular formula is C20H27N5OS. The lowest BCUT2D eigenvalue weighted by Crippen LogP contribution is -2.49. The number of amides is 1. The molecule has 1 aromatic carbocycles. The highest BCUT2D eigenvalue weighted by molar-refractivity contribution is 7.98. The third kappa shape index (κ3) is 5.20. The molecule has 6 nitrogen and oxygen atoms in total. The first-order valence-corrected chi connectivity index (χ1v) is 10.8. The van der Waals surface area contributed by atoms with Gasteiger partial charge in [-0.3, -0.25) is 9.69 Å². The largest absolute Gasteiger partial charge is 0.369 e. The summed E-state index contributed by atoms with van der Waals surface area (Å²) < 4.78 is 0. The fourth-order valence-corrected chi connectivity index (χ4v) is 3.56. The zero-order chi connectivity index (χ0) is 19.1. The minimum absolute atomic E-state index is 0.111. The third-order valence-electron chi connectivity index (χ3n) is 4.72. The average molecular weight is 386 g/mol. The Bertz CT molecular complexity index is 727. The van der Waals surface area contributed by atoms with Gasteiger partial charge in [-0.1, -0.05) is 12.1 Å². The van der Waals surface area contributed by atoms with Gasteiger partial charge in [0.25, 0.3) is 5.91 Å². The summed E-state index contributed by atoms with van der Waals surface area (Å²) in [6, 6.07) is 11.5. The van der Waals surface area contributed by atoms with Gasteiger partial charge in [-0.05, 0) is 37.4 Å². The van der Waals surface area contributed by atoms with Crippen molar-refractivity contribution < 1.29 is 4.79 Å². The summed E-state index contributed by atoms with van der Waals surface area (Å²) in [6.07, 6.45) is 2.13. The van der Waals surface area contributed by atoms with Crippen LogP contribution in [0.25, 0.3) is 11.3 Å². The molecule has 1 amide bonds. The Labute approximate surface area is 165 Å². The van der Waals surface area contributed by atoms with Crippen molar-refractivity contribution in [2.24, 2.45) is 0 Å². The zero-order valence-electron chi connectivity index (χ0n) is 16.0. The Morgan fingerprint density at radius 1 is 1.07 bits per heavy atom. The summed E-state index contributed by atoms with van der Waals surface area (Å²) >= 11 is 1.87. The molecule has 0 atom stereocenters. The number of benzene rings is 1. The number of carbonyl (C=O) groups is 1. The molecular weight excluding hydrogens is 358 g/mol. The molecule has 1 fully saturated rings. The molecule has 7 heteroatoms. The summed E-state index contributed by atoms with van der Waals surface area (Å²) in [6.45, 7) is 7.45. The molecule has 1 aliphatic heterocycles. The van der Waals surface area contributed by atoms with E-state index >= 15 is 0 Å². The standard InChI is InChI=1S/C20H27N5OS/c1-3-21-19-9-8-18(22-23-19)16-4-6-17(7-5-16)20(26)25-12-10-24(11-13-25)14-15-27-2/h4-9H,3,10-15H2,1-2H3,(H,21,23). The van der Waals surface area contributed by atoms with E-state index < -0.39 is 0 Å². The van der Waals surface area contributed by atoms with Crippen molar-refractivity contribution in [1.82, 2.24) is 20.0 Å². The average Bonchev–Trinajstić information content (AvgIpc) is 2.73. The van der Waals surface area contributed by atoms with E-state index in [0.717, 1.165) is 67.7 Å². The van der Waals surface area contributed by atoms with Crippen LogP contribution in [0, 0.1) is 0 Å². The number of hydrogen-bond acceptors (Lipinski definition) is 6. The van der Waals surface area contributed by atoms with E-state index in [2.05, 4.69) is 26.7 Å². The van der Waals surface area contributed by atoms with E-state index in [1.807, 2.05) is 60.0 Å². The van der Waals surface area contributed by atoms with Gasteiger partial charge in [0.2, 0.25) is 0 Å². The van der Waals surface area contributed by atoms with Gasteiger partial charge in [-0.2, -0.15) is 11.8 Å². The molecule has 0 bridgehead atoms. The number of thioether (sulfide) groups is 1. The topological polar surface area (TPSA) is 61.4 Å². The number of carbonyl (C=O) groups excluding carboxylic acids is 1. The molecule has 0 radical (unpaired) electrons. The molecule has 27 heavy (non-hydrogen) atoms. The van der Waals surface area contributed by atoms with Crippen molar-refractivity contribution >= 4 is 23.5 Å². The molecule has 0 saturated carbocycles. The predicted octanol–water partition coefficient (Wildman–Crippen LogP) is 2.70. The van der Waals surface area contributed by atoms with Crippen LogP contribution in [0.1, 0.15) is 17.3 Å². The molecule has 2 heterocycles. The summed E-state index contributed by atoms with van der Waals surface area (Å²) in [4.78, 5) is 17.1. The van der Waals surface area contributed by atoms with Crippen LogP contribution in [0.4, 0.5) is 5.82 Å². The van der Waals surface area contributed by atoms with Crippen LogP contribution >= 0.6 is 11.8 Å². The van der Waals surface area contributed by atoms with E-state index in [4.69, 9.17) is 0 Å². The number of anilines is 1. The van der Waals surface area contributed by atoms with Gasteiger partial charge in [-0.15, -0.1) is 10.2 Å². The summed E-state index contributed by atoms with van der Waals surface area (Å²) in [7, 11) is 0. The maximum Gasteiger partial charge on any atom is 0.253 e. The van der Waals surface area contributed by atoms with Gasteiger partial charge in [0.15, 0.2) is 0 Å². The van der Waals surface area contributed by atoms with Gasteiger partial charge in [0.1, 0.15) is 5.82 Å². The quantitative estimate of drug-likeness (QED) is 0.791. The highest BCUT2D eigenvalue weighted by Gasteiger charge is 2.21. The van der Waals surface area contributed by atoms with Crippen molar-refractivity contribution in [1.29, 1.82) is 0 Å². The van der Waals surface area contributed by atoms with E-state index in [9.17, 15) is 4.79 Å². The number of hydrogen-bond donors (Lipinski definition) is 1. The third-order valence-corrected chi connectivity index (χ3v) is 5.31. The Morgan fingerprint density at radius 2 is 1.81 bits per heavy atom. The molecule has 2 aromatic rings. The van der Waals surface area contributed by atoms with Crippen molar-refractivity contribution in [3.05, 3.63) is 42.0 Å². The van der Waals surface area contributed by atoms with E-state index in [-0.39, 0.29) is 5.91 Å². The predicted molar refractivity (Wildman–Crippen MR) is 112 cm³/mol. The summed E-state index contributed by atoms with van der Waals surface area (Å²) in [5.41, 5.74) is 2.50. The van der Waals surface area contributed by atoms with Crippen LogP contribution in [-0.4, -0.2) is 77.2 Å². The lowest BCUT2D eigenvalue weighted by atomic mass is 10.1. The Kier molecular flexibility index (Phi) is 7.06. The zero-order valence-corrected chi connectivity index (χ0v) is 16.8. The number of nitrogens with zero attached hydrogens (tertiary/aromatic N) is 4. The number of rotatable bonds is 7. The van der Waals surface area contributed by atoms with Gasteiger partial charge in [0.05, 0.1) is 5.69 Å². The van der Waals surface area contributed by atoms with Crippen LogP contribution in [-0.2, 0) is 0 Å². The van der Waals surface area contributed by atoms with Crippen LogP contribution < -0.4 is 5.32 Å². The monoisotopic (exact) mass is 385 g/mol. The lowest BCUT2D eigenvalue weighted by molar-refractivity contribution is 0.0644. The highest BCUT2D eigenvalue weighted by atomic mass is 32.2. The Morgan fingerprint density at radius 3 is 2.41 bits per heavy atom. The van der Waals surface area contributed by atoms with Crippen molar-refractivity contribution in [2.75, 3.05) is 56.6 Å². The van der Waals surface area contributed by atoms with Gasteiger partial charge in [-0.25, -0.2) is 0 Å². The minimum Gasteiger partial charge on any atom is -0.369 e. The molecule has 144 valence electrons. The highest BCUT2D eigenvalue weighted by Crippen LogP contribution is 2.19. The second-order valence-corrected chi connectivity index (χ2v) is 7.52.